The number of anilines is 2. The lowest BCUT2D eigenvalue weighted by molar-refractivity contribution is -0.384. The summed E-state index contributed by atoms with van der Waals surface area (Å²) in [5.41, 5.74) is -0.382. The van der Waals surface area contributed by atoms with E-state index in [1.54, 1.807) is 30.3 Å². The van der Waals surface area contributed by atoms with E-state index in [1.807, 2.05) is 0 Å². The lowest BCUT2D eigenvalue weighted by Gasteiger charge is -2.20. The summed E-state index contributed by atoms with van der Waals surface area (Å²) in [6, 6.07) is 13.3. The lowest BCUT2D eigenvalue weighted by atomic mass is 9.83. The number of nitrogens with one attached hydrogen (secondary N) is 1. The van der Waals surface area contributed by atoms with Crippen molar-refractivity contribution in [2.45, 2.75) is 0 Å². The Morgan fingerprint density at radius 3 is 2.21 bits per heavy atom. The summed E-state index contributed by atoms with van der Waals surface area (Å²) >= 11 is 0. The molecule has 0 aliphatic heterocycles. The van der Waals surface area contributed by atoms with Crippen LogP contribution in [-0.2, 0) is 0 Å². The van der Waals surface area contributed by atoms with Crippen LogP contribution >= 0.6 is 0 Å². The van der Waals surface area contributed by atoms with E-state index >= 15 is 0 Å². The second-order valence-corrected chi connectivity index (χ2v) is 6.18. The van der Waals surface area contributed by atoms with Crippen LogP contribution < -0.4 is 5.32 Å². The fourth-order valence-electron chi connectivity index (χ4n) is 3.15. The number of rotatable bonds is 3. The zero-order valence-electron chi connectivity index (χ0n) is 14.2. The number of ketones is 2. The number of nitro benzene ring substituents is 1. The second-order valence-electron chi connectivity index (χ2n) is 6.18. The summed E-state index contributed by atoms with van der Waals surface area (Å²) in [5, 5.41) is 34.6. The van der Waals surface area contributed by atoms with Crippen molar-refractivity contribution in [1.29, 1.82) is 0 Å². The molecule has 3 aromatic rings. The summed E-state index contributed by atoms with van der Waals surface area (Å²) < 4.78 is 0. The minimum atomic E-state index is -0.724. The molecule has 28 heavy (non-hydrogen) atoms. The molecule has 3 aromatic carbocycles. The van der Waals surface area contributed by atoms with Crippen molar-refractivity contribution in [2.75, 3.05) is 5.32 Å². The van der Waals surface area contributed by atoms with Crippen molar-refractivity contribution in [3.8, 4) is 11.5 Å². The van der Waals surface area contributed by atoms with Gasteiger partial charge in [0.1, 0.15) is 0 Å². The van der Waals surface area contributed by atoms with Gasteiger partial charge < -0.3 is 15.5 Å². The van der Waals surface area contributed by atoms with Gasteiger partial charge in [-0.2, -0.15) is 0 Å². The highest BCUT2D eigenvalue weighted by molar-refractivity contribution is 6.30. The van der Waals surface area contributed by atoms with Crippen LogP contribution in [0.25, 0.3) is 0 Å². The third-order valence-electron chi connectivity index (χ3n) is 4.50. The Balaban J connectivity index is 1.88. The number of hydrogen-bond acceptors (Lipinski definition) is 7. The van der Waals surface area contributed by atoms with Crippen molar-refractivity contribution < 1.29 is 24.7 Å². The molecule has 0 spiro atoms. The van der Waals surface area contributed by atoms with Crippen LogP contribution in [0.5, 0.6) is 11.5 Å². The number of nitrogens with zero attached hydrogens (tertiary/aromatic N) is 1. The maximum Gasteiger partial charge on any atom is 0.270 e. The van der Waals surface area contributed by atoms with Crippen LogP contribution in [0.3, 0.4) is 0 Å². The van der Waals surface area contributed by atoms with Crippen molar-refractivity contribution >= 4 is 28.6 Å². The molecule has 3 N–H and O–H groups in total. The number of hydrogen-bond donors (Lipinski definition) is 3. The van der Waals surface area contributed by atoms with Crippen molar-refractivity contribution in [3.63, 3.8) is 0 Å². The zero-order chi connectivity index (χ0) is 20.0. The van der Waals surface area contributed by atoms with E-state index in [9.17, 15) is 29.9 Å². The van der Waals surface area contributed by atoms with Gasteiger partial charge in [0.15, 0.2) is 23.1 Å². The summed E-state index contributed by atoms with van der Waals surface area (Å²) in [5.74, 6) is -2.65. The zero-order valence-corrected chi connectivity index (χ0v) is 14.2. The number of benzene rings is 3. The Labute approximate surface area is 157 Å². The first kappa shape index (κ1) is 17.2. The molecule has 0 bridgehead atoms. The number of para-hydroxylation sites is 1. The van der Waals surface area contributed by atoms with E-state index in [0.717, 1.165) is 12.1 Å². The van der Waals surface area contributed by atoms with Crippen molar-refractivity contribution in [2.24, 2.45) is 0 Å². The van der Waals surface area contributed by atoms with E-state index in [2.05, 4.69) is 5.32 Å². The van der Waals surface area contributed by atoms with Crippen LogP contribution in [-0.4, -0.2) is 26.7 Å². The summed E-state index contributed by atoms with van der Waals surface area (Å²) in [6.07, 6.45) is 0. The molecule has 138 valence electrons. The average molecular weight is 376 g/mol. The fraction of sp³-hybridized carbons (Fsp3) is 0. The monoisotopic (exact) mass is 376 g/mol. The minimum absolute atomic E-state index is 0.0254. The molecule has 0 saturated heterocycles. The van der Waals surface area contributed by atoms with Gasteiger partial charge in [-0.05, 0) is 24.3 Å². The molecule has 4 rings (SSSR count). The predicted octanol–water partition coefficient (Wildman–Crippen LogP) is 3.53. The molecular formula is C20H12N2O6. The van der Waals surface area contributed by atoms with Gasteiger partial charge in [-0.15, -0.1) is 0 Å². The maximum absolute atomic E-state index is 12.9. The molecule has 0 saturated carbocycles. The quantitative estimate of drug-likeness (QED) is 0.283. The molecule has 0 fully saturated rings. The number of nitro groups is 1. The number of non-ortho nitro benzene ring substituents is 1. The average Bonchev–Trinajstić information content (AvgIpc) is 2.70. The molecule has 0 heterocycles. The van der Waals surface area contributed by atoms with Crippen molar-refractivity contribution in [3.05, 3.63) is 87.0 Å². The van der Waals surface area contributed by atoms with Gasteiger partial charge in [0.05, 0.1) is 16.2 Å². The van der Waals surface area contributed by atoms with Crippen LogP contribution in [0, 0.1) is 10.1 Å². The number of fused-ring (bicyclic) bond motifs is 2. The van der Waals surface area contributed by atoms with E-state index in [0.29, 0.717) is 5.69 Å². The first-order valence-corrected chi connectivity index (χ1v) is 8.17. The number of carbonyl (C=O) groups excluding carboxylic acids is 2. The van der Waals surface area contributed by atoms with E-state index in [-0.39, 0.29) is 33.6 Å². The third kappa shape index (κ3) is 2.55. The molecule has 8 heteroatoms. The Hall–Kier alpha value is -4.20. The summed E-state index contributed by atoms with van der Waals surface area (Å²) in [7, 11) is 0. The number of aromatic hydroxyl groups is 2. The maximum atomic E-state index is 12.9. The number of phenols is 2. The molecule has 0 unspecified atom stereocenters. The van der Waals surface area contributed by atoms with E-state index < -0.39 is 28.0 Å². The molecule has 0 radical (unpaired) electrons. The molecule has 8 nitrogen and oxygen atoms in total. The van der Waals surface area contributed by atoms with Gasteiger partial charge >= 0.3 is 0 Å². The predicted molar refractivity (Wildman–Crippen MR) is 99.5 cm³/mol. The summed E-state index contributed by atoms with van der Waals surface area (Å²) in [6.45, 7) is 0. The second kappa shape index (κ2) is 6.20. The Morgan fingerprint density at radius 1 is 0.821 bits per heavy atom. The van der Waals surface area contributed by atoms with Crippen molar-refractivity contribution in [1.82, 2.24) is 0 Å². The van der Waals surface area contributed by atoms with Crippen LogP contribution in [0.4, 0.5) is 17.1 Å². The standard InChI is InChI=1S/C20H12N2O6/c23-17-13-8-11(22(27)28)6-7-12(13)18(24)16-14(17)9-15(19(25)20(16)26)21-10-4-2-1-3-5-10/h1-9,21,25-26H. The smallest absolute Gasteiger partial charge is 0.270 e. The molecule has 0 atom stereocenters. The Kier molecular flexibility index (Phi) is 3.82. The lowest BCUT2D eigenvalue weighted by Crippen LogP contribution is -2.21. The van der Waals surface area contributed by atoms with Gasteiger partial charge in [0.2, 0.25) is 0 Å². The normalized spacial score (nSPS) is 12.3. The highest BCUT2D eigenvalue weighted by Gasteiger charge is 2.35. The van der Waals surface area contributed by atoms with Gasteiger partial charge in [-0.3, -0.25) is 19.7 Å². The number of phenolic OH excluding ortho intramolecular Hbond substituents is 2. The van der Waals surface area contributed by atoms with Gasteiger partial charge in [0, 0.05) is 34.5 Å². The molecular weight excluding hydrogens is 364 g/mol. The first-order chi connectivity index (χ1) is 13.4. The SMILES string of the molecule is O=C1c2cc([N+](=O)[O-])ccc2C(=O)c2c1cc(Nc1ccccc1)c(O)c2O. The van der Waals surface area contributed by atoms with Gasteiger partial charge in [-0.1, -0.05) is 18.2 Å². The largest absolute Gasteiger partial charge is 0.504 e. The fourth-order valence-corrected chi connectivity index (χ4v) is 3.15. The van der Waals surface area contributed by atoms with Crippen LogP contribution in [0.15, 0.2) is 54.6 Å². The molecule has 1 aliphatic rings. The Morgan fingerprint density at radius 2 is 1.54 bits per heavy atom. The molecule has 1 aliphatic carbocycles. The Bertz CT molecular complexity index is 1170. The summed E-state index contributed by atoms with van der Waals surface area (Å²) in [4.78, 5) is 36.0. The first-order valence-electron chi connectivity index (χ1n) is 8.17. The third-order valence-corrected chi connectivity index (χ3v) is 4.50. The molecule has 0 aromatic heterocycles. The highest BCUT2D eigenvalue weighted by Crippen LogP contribution is 2.44. The van der Waals surface area contributed by atoms with E-state index in [4.69, 9.17) is 0 Å². The molecule has 0 amide bonds. The van der Waals surface area contributed by atoms with E-state index in [1.165, 1.54) is 12.1 Å². The minimum Gasteiger partial charge on any atom is -0.504 e. The van der Waals surface area contributed by atoms with Crippen LogP contribution in [0.2, 0.25) is 0 Å². The van der Waals surface area contributed by atoms with Gasteiger partial charge in [-0.25, -0.2) is 0 Å². The highest BCUT2D eigenvalue weighted by atomic mass is 16.6. The van der Waals surface area contributed by atoms with Crippen LogP contribution in [0.1, 0.15) is 31.8 Å². The topological polar surface area (TPSA) is 130 Å². The number of carbonyl (C=O) groups is 2. The van der Waals surface area contributed by atoms with Gasteiger partial charge in [0.25, 0.3) is 5.69 Å².